The fourth-order valence-electron chi connectivity index (χ4n) is 1.39. The quantitative estimate of drug-likeness (QED) is 0.861. The first-order valence-corrected chi connectivity index (χ1v) is 7.28. The normalized spacial score (nSPS) is 14.1. The Bertz CT molecular complexity index is 447. The van der Waals surface area contributed by atoms with Gasteiger partial charge in [0.15, 0.2) is 5.13 Å². The summed E-state index contributed by atoms with van der Waals surface area (Å²) in [7, 11) is 1.40. The zero-order chi connectivity index (χ0) is 14.8. The Kier molecular flexibility index (Phi) is 4.61. The Balaban J connectivity index is 2.86. The van der Waals surface area contributed by atoms with Crippen molar-refractivity contribution in [3.05, 3.63) is 11.1 Å². The van der Waals surface area contributed by atoms with Crippen LogP contribution in [0.3, 0.4) is 0 Å². The number of aromatic nitrogens is 1. The van der Waals surface area contributed by atoms with E-state index in [9.17, 15) is 4.79 Å². The molecule has 0 aliphatic carbocycles. The van der Waals surface area contributed by atoms with Crippen LogP contribution in [0.4, 0.5) is 5.13 Å². The number of nitrogens with one attached hydrogen (secondary N) is 1. The molecular formula is C14H24N2O2S. The number of hydrogen-bond donors (Lipinski definition) is 1. The number of hydrogen-bond acceptors (Lipinski definition) is 5. The highest BCUT2D eigenvalue weighted by atomic mass is 32.1. The number of carbonyl (C=O) groups is 1. The van der Waals surface area contributed by atoms with Gasteiger partial charge in [0.05, 0.1) is 12.8 Å². The van der Waals surface area contributed by atoms with Crippen LogP contribution in [0.25, 0.3) is 0 Å². The van der Waals surface area contributed by atoms with Crippen LogP contribution < -0.4 is 5.32 Å². The number of methoxy groups -OCH3 is 1. The van der Waals surface area contributed by atoms with Crippen LogP contribution in [-0.2, 0) is 14.9 Å². The molecule has 5 heteroatoms. The zero-order valence-corrected chi connectivity index (χ0v) is 13.6. The summed E-state index contributed by atoms with van der Waals surface area (Å²) in [6.45, 7) is 12.3. The monoisotopic (exact) mass is 284 g/mol. The van der Waals surface area contributed by atoms with Gasteiger partial charge in [0, 0.05) is 11.4 Å². The van der Waals surface area contributed by atoms with Gasteiger partial charge in [-0.25, -0.2) is 4.98 Å². The molecule has 0 saturated carbocycles. The molecule has 1 atom stereocenters. The zero-order valence-electron chi connectivity index (χ0n) is 12.8. The van der Waals surface area contributed by atoms with Crippen LogP contribution in [0, 0.1) is 5.41 Å². The molecule has 0 aliphatic heterocycles. The minimum absolute atomic E-state index is 0.156. The molecule has 108 valence electrons. The smallest absolute Gasteiger partial charge is 0.317 e. The van der Waals surface area contributed by atoms with Gasteiger partial charge in [0.25, 0.3) is 0 Å². The Morgan fingerprint density at radius 2 is 1.95 bits per heavy atom. The van der Waals surface area contributed by atoms with Gasteiger partial charge in [-0.3, -0.25) is 4.79 Å². The lowest BCUT2D eigenvalue weighted by Gasteiger charge is -2.27. The topological polar surface area (TPSA) is 51.2 Å². The lowest BCUT2D eigenvalue weighted by molar-refractivity contribution is -0.146. The van der Waals surface area contributed by atoms with E-state index >= 15 is 0 Å². The predicted octanol–water partition coefficient (Wildman–Crippen LogP) is 3.44. The first-order valence-electron chi connectivity index (χ1n) is 6.40. The van der Waals surface area contributed by atoms with E-state index in [-0.39, 0.29) is 11.4 Å². The van der Waals surface area contributed by atoms with Gasteiger partial charge in [-0.05, 0) is 26.2 Å². The van der Waals surface area contributed by atoms with E-state index in [0.29, 0.717) is 6.04 Å². The average Bonchev–Trinajstić information content (AvgIpc) is 2.75. The SMILES string of the molecule is COC(=O)C(C)(C)c1csc(NC(C)C(C)(C)C)n1. The van der Waals surface area contributed by atoms with Crippen molar-refractivity contribution in [2.75, 3.05) is 12.4 Å². The van der Waals surface area contributed by atoms with E-state index in [2.05, 4.69) is 38.0 Å². The molecule has 0 radical (unpaired) electrons. The Morgan fingerprint density at radius 1 is 1.37 bits per heavy atom. The lowest BCUT2D eigenvalue weighted by Crippen LogP contribution is -2.32. The molecule has 19 heavy (non-hydrogen) atoms. The van der Waals surface area contributed by atoms with Crippen LogP contribution in [0.1, 0.15) is 47.2 Å². The fourth-order valence-corrected chi connectivity index (χ4v) is 2.36. The standard InChI is InChI=1S/C14H24N2O2S/c1-9(13(2,3)4)15-12-16-10(8-19-12)14(5,6)11(17)18-7/h8-9H,1-7H3,(H,15,16). The molecule has 0 amide bonds. The summed E-state index contributed by atoms with van der Waals surface area (Å²) in [5.41, 5.74) is 0.188. The van der Waals surface area contributed by atoms with Gasteiger partial charge in [-0.1, -0.05) is 20.8 Å². The molecule has 1 unspecified atom stereocenters. The van der Waals surface area contributed by atoms with Gasteiger partial charge in [-0.2, -0.15) is 0 Å². The van der Waals surface area contributed by atoms with Crippen molar-refractivity contribution < 1.29 is 9.53 Å². The first-order chi connectivity index (χ1) is 8.59. The van der Waals surface area contributed by atoms with Crippen molar-refractivity contribution in [1.29, 1.82) is 0 Å². The molecule has 0 saturated heterocycles. The second-order valence-corrected chi connectivity index (χ2v) is 7.24. The molecule has 1 N–H and O–H groups in total. The molecule has 0 aliphatic rings. The van der Waals surface area contributed by atoms with E-state index in [1.54, 1.807) is 0 Å². The molecule has 0 spiro atoms. The first kappa shape index (κ1) is 16.0. The van der Waals surface area contributed by atoms with E-state index in [0.717, 1.165) is 10.8 Å². The maximum absolute atomic E-state index is 11.7. The third kappa shape index (κ3) is 3.69. The molecular weight excluding hydrogens is 260 g/mol. The number of esters is 1. The van der Waals surface area contributed by atoms with Crippen LogP contribution in [-0.4, -0.2) is 24.1 Å². The second kappa shape index (κ2) is 5.49. The summed E-state index contributed by atoms with van der Waals surface area (Å²) >= 11 is 1.52. The van der Waals surface area contributed by atoms with Crippen molar-refractivity contribution in [2.45, 2.75) is 53.0 Å². The number of thiazole rings is 1. The number of ether oxygens (including phenoxy) is 1. The second-order valence-electron chi connectivity index (χ2n) is 6.39. The maximum Gasteiger partial charge on any atom is 0.317 e. The fraction of sp³-hybridized carbons (Fsp3) is 0.714. The molecule has 1 rings (SSSR count). The Morgan fingerprint density at radius 3 is 2.42 bits per heavy atom. The summed E-state index contributed by atoms with van der Waals surface area (Å²) < 4.78 is 4.82. The van der Waals surface area contributed by atoms with E-state index in [4.69, 9.17) is 4.74 Å². The number of rotatable bonds is 4. The summed E-state index contributed by atoms with van der Waals surface area (Å²) in [4.78, 5) is 16.3. The van der Waals surface area contributed by atoms with Gasteiger partial charge in [0.1, 0.15) is 5.41 Å². The molecule has 4 nitrogen and oxygen atoms in total. The Hall–Kier alpha value is -1.10. The van der Waals surface area contributed by atoms with Crippen molar-refractivity contribution in [3.63, 3.8) is 0 Å². The summed E-state index contributed by atoms with van der Waals surface area (Å²) in [5, 5.41) is 6.14. The minimum atomic E-state index is -0.712. The highest BCUT2D eigenvalue weighted by Crippen LogP contribution is 2.30. The molecule has 0 aromatic carbocycles. The summed E-state index contributed by atoms with van der Waals surface area (Å²) in [6, 6.07) is 0.299. The van der Waals surface area contributed by atoms with Gasteiger partial charge in [-0.15, -0.1) is 11.3 Å². The van der Waals surface area contributed by atoms with Crippen molar-refractivity contribution in [1.82, 2.24) is 4.98 Å². The summed E-state index contributed by atoms with van der Waals surface area (Å²) in [5.74, 6) is -0.270. The third-order valence-corrected chi connectivity index (χ3v) is 4.25. The molecule has 1 aromatic rings. The van der Waals surface area contributed by atoms with Crippen LogP contribution in [0.2, 0.25) is 0 Å². The highest BCUT2D eigenvalue weighted by Gasteiger charge is 2.33. The largest absolute Gasteiger partial charge is 0.468 e. The van der Waals surface area contributed by atoms with E-state index in [1.165, 1.54) is 18.4 Å². The van der Waals surface area contributed by atoms with Crippen molar-refractivity contribution in [2.24, 2.45) is 5.41 Å². The molecule has 1 aromatic heterocycles. The summed E-state index contributed by atoms with van der Waals surface area (Å²) in [6.07, 6.45) is 0. The van der Waals surface area contributed by atoms with E-state index < -0.39 is 5.41 Å². The van der Waals surface area contributed by atoms with Crippen LogP contribution in [0.15, 0.2) is 5.38 Å². The van der Waals surface area contributed by atoms with E-state index in [1.807, 2.05) is 19.2 Å². The minimum Gasteiger partial charge on any atom is -0.468 e. The predicted molar refractivity (Wildman–Crippen MR) is 79.7 cm³/mol. The number of nitrogens with zero attached hydrogens (tertiary/aromatic N) is 1. The lowest BCUT2D eigenvalue weighted by atomic mass is 9.88. The van der Waals surface area contributed by atoms with Gasteiger partial charge >= 0.3 is 5.97 Å². The molecule has 0 fully saturated rings. The van der Waals surface area contributed by atoms with Crippen LogP contribution in [0.5, 0.6) is 0 Å². The van der Waals surface area contributed by atoms with Crippen LogP contribution >= 0.6 is 11.3 Å². The van der Waals surface area contributed by atoms with Gasteiger partial charge in [0.2, 0.25) is 0 Å². The average molecular weight is 284 g/mol. The number of anilines is 1. The maximum atomic E-state index is 11.7. The van der Waals surface area contributed by atoms with Crippen molar-refractivity contribution in [3.8, 4) is 0 Å². The third-order valence-electron chi connectivity index (χ3n) is 3.48. The molecule has 1 heterocycles. The van der Waals surface area contributed by atoms with Gasteiger partial charge < -0.3 is 10.1 Å². The van der Waals surface area contributed by atoms with Crippen molar-refractivity contribution >= 4 is 22.4 Å². The number of carbonyl (C=O) groups excluding carboxylic acids is 1. The Labute approximate surface area is 119 Å². The highest BCUT2D eigenvalue weighted by molar-refractivity contribution is 7.13. The molecule has 0 bridgehead atoms.